The fraction of sp³-hybridized carbons (Fsp3) is 0.739. The molecule has 3 aliphatic rings. The highest BCUT2D eigenvalue weighted by Gasteiger charge is 2.50. The molecular weight excluding hydrogens is 308 g/mol. The molecule has 0 radical (unpaired) electrons. The molecule has 0 aromatic heterocycles. The summed E-state index contributed by atoms with van der Waals surface area (Å²) in [7, 11) is 0. The minimum Gasteiger partial charge on any atom is -0.388 e. The average molecular weight is 345 g/mol. The summed E-state index contributed by atoms with van der Waals surface area (Å²) in [5, 5.41) is 20.1. The lowest BCUT2D eigenvalue weighted by Crippen LogP contribution is -2.35. The molecule has 3 aliphatic carbocycles. The van der Waals surface area contributed by atoms with Gasteiger partial charge in [-0.2, -0.15) is 0 Å². The molecule has 3 fully saturated rings. The second-order valence-electron chi connectivity index (χ2n) is 9.06. The highest BCUT2D eigenvalue weighted by molar-refractivity contribution is 5.29. The van der Waals surface area contributed by atoms with E-state index in [1.165, 1.54) is 38.5 Å². The number of allylic oxidation sites excluding steroid dienone is 3. The molecule has 140 valence electrons. The lowest BCUT2D eigenvalue weighted by Gasteiger charge is -2.44. The van der Waals surface area contributed by atoms with Gasteiger partial charge < -0.3 is 10.2 Å². The van der Waals surface area contributed by atoms with Crippen molar-refractivity contribution in [2.75, 3.05) is 0 Å². The highest BCUT2D eigenvalue weighted by atomic mass is 16.3. The van der Waals surface area contributed by atoms with Crippen molar-refractivity contribution in [2.24, 2.45) is 23.2 Å². The Kier molecular flexibility index (Phi) is 5.60. The molecule has 0 bridgehead atoms. The van der Waals surface area contributed by atoms with Crippen LogP contribution in [0.2, 0.25) is 0 Å². The third-order valence-corrected chi connectivity index (χ3v) is 7.67. The van der Waals surface area contributed by atoms with E-state index in [-0.39, 0.29) is 0 Å². The van der Waals surface area contributed by atoms with Crippen LogP contribution < -0.4 is 0 Å². The lowest BCUT2D eigenvalue weighted by atomic mass is 9.61. The van der Waals surface area contributed by atoms with Gasteiger partial charge in [0.2, 0.25) is 0 Å². The van der Waals surface area contributed by atoms with E-state index in [9.17, 15) is 10.2 Å². The molecule has 0 aliphatic heterocycles. The van der Waals surface area contributed by atoms with Gasteiger partial charge in [-0.05, 0) is 73.7 Å². The maximum Gasteiger partial charge on any atom is 0.0809 e. The summed E-state index contributed by atoms with van der Waals surface area (Å²) >= 11 is 0. The molecular formula is C23H36O2. The van der Waals surface area contributed by atoms with Crippen LogP contribution >= 0.6 is 0 Å². The van der Waals surface area contributed by atoms with Gasteiger partial charge >= 0.3 is 0 Å². The number of hydrogen-bond acceptors (Lipinski definition) is 2. The Hall–Kier alpha value is -0.860. The molecule has 2 heteroatoms. The van der Waals surface area contributed by atoms with Crippen molar-refractivity contribution in [2.45, 2.75) is 84.3 Å². The molecule has 0 heterocycles. The van der Waals surface area contributed by atoms with Gasteiger partial charge in [0.15, 0.2) is 0 Å². The normalized spacial score (nSPS) is 43.5. The van der Waals surface area contributed by atoms with Crippen LogP contribution in [0, 0.1) is 23.2 Å². The van der Waals surface area contributed by atoms with E-state index in [1.54, 1.807) is 5.57 Å². The third-order valence-electron chi connectivity index (χ3n) is 7.67. The fourth-order valence-corrected chi connectivity index (χ4v) is 5.92. The number of aliphatic hydroxyl groups excluding tert-OH is 2. The van der Waals surface area contributed by atoms with Gasteiger partial charge in [0, 0.05) is 0 Å². The first-order valence-electron chi connectivity index (χ1n) is 10.3. The molecule has 0 saturated heterocycles. The van der Waals surface area contributed by atoms with Crippen LogP contribution in [0.5, 0.6) is 0 Å². The third kappa shape index (κ3) is 3.53. The highest BCUT2D eigenvalue weighted by Crippen LogP contribution is 2.59. The van der Waals surface area contributed by atoms with Gasteiger partial charge in [0.25, 0.3) is 0 Å². The molecule has 0 aromatic rings. The van der Waals surface area contributed by atoms with Gasteiger partial charge in [-0.15, -0.1) is 0 Å². The first-order chi connectivity index (χ1) is 11.9. The van der Waals surface area contributed by atoms with Crippen molar-refractivity contribution >= 4 is 0 Å². The largest absolute Gasteiger partial charge is 0.388 e. The zero-order valence-electron chi connectivity index (χ0n) is 16.3. The summed E-state index contributed by atoms with van der Waals surface area (Å²) in [5.74, 6) is 2.41. The van der Waals surface area contributed by atoms with E-state index < -0.39 is 12.2 Å². The van der Waals surface area contributed by atoms with Crippen LogP contribution in [0.1, 0.15) is 72.1 Å². The van der Waals surface area contributed by atoms with E-state index in [4.69, 9.17) is 0 Å². The standard InChI is InChI=1S/C23H36O2/c1-5-15(2)19-10-11-20-18(7-6-12-23(19,20)4)9-8-17-13-21(24)16(3)22(25)14-17/h8-9,15,19-22,24-25H,3,5-7,10-14H2,1-2,4H3/b17-8?,18-9+/t15-,19?,20?,21+,22?,23+/m0/s1. The summed E-state index contributed by atoms with van der Waals surface area (Å²) in [6, 6.07) is 0. The molecule has 0 amide bonds. The molecule has 3 saturated carbocycles. The van der Waals surface area contributed by atoms with Crippen LogP contribution in [0.3, 0.4) is 0 Å². The quantitative estimate of drug-likeness (QED) is 0.693. The fourth-order valence-electron chi connectivity index (χ4n) is 5.92. The molecule has 2 nitrogen and oxygen atoms in total. The van der Waals surface area contributed by atoms with Crippen molar-refractivity contribution in [1.82, 2.24) is 0 Å². The predicted octanol–water partition coefficient (Wildman–Crippen LogP) is 5.17. The summed E-state index contributed by atoms with van der Waals surface area (Å²) in [4.78, 5) is 0. The maximum atomic E-state index is 10.0. The first kappa shape index (κ1) is 18.9. The number of hydrogen-bond donors (Lipinski definition) is 2. The molecule has 0 spiro atoms. The van der Waals surface area contributed by atoms with Gasteiger partial charge in [0.05, 0.1) is 12.2 Å². The number of fused-ring (bicyclic) bond motifs is 1. The zero-order valence-corrected chi connectivity index (χ0v) is 16.3. The van der Waals surface area contributed by atoms with Crippen LogP contribution in [-0.2, 0) is 0 Å². The second-order valence-corrected chi connectivity index (χ2v) is 9.06. The SMILES string of the molecule is C=C1C(O)CC(=C/C=C2\CCC[C@@]3(C)C2CCC3[C@@H](C)CC)C[C@H]1O. The molecule has 25 heavy (non-hydrogen) atoms. The molecule has 3 rings (SSSR count). The Morgan fingerprint density at radius 3 is 2.52 bits per heavy atom. The summed E-state index contributed by atoms with van der Waals surface area (Å²) < 4.78 is 0. The van der Waals surface area contributed by atoms with E-state index in [1.807, 2.05) is 0 Å². The first-order valence-corrected chi connectivity index (χ1v) is 10.3. The van der Waals surface area contributed by atoms with E-state index in [0.717, 1.165) is 23.3 Å². The Bertz CT molecular complexity index is 557. The molecule has 6 atom stereocenters. The number of aliphatic hydroxyl groups is 2. The summed E-state index contributed by atoms with van der Waals surface area (Å²) in [6.07, 6.45) is 12.5. The molecule has 2 N–H and O–H groups in total. The Morgan fingerprint density at radius 2 is 1.88 bits per heavy atom. The van der Waals surface area contributed by atoms with Gasteiger partial charge in [-0.1, -0.05) is 57.1 Å². The van der Waals surface area contributed by atoms with Gasteiger partial charge in [-0.3, -0.25) is 0 Å². The summed E-state index contributed by atoms with van der Waals surface area (Å²) in [6.45, 7) is 11.1. The van der Waals surface area contributed by atoms with Crippen molar-refractivity contribution in [3.8, 4) is 0 Å². The Balaban J connectivity index is 1.78. The van der Waals surface area contributed by atoms with Crippen LogP contribution in [0.25, 0.3) is 0 Å². The minimum absolute atomic E-state index is 0.470. The predicted molar refractivity (Wildman–Crippen MR) is 104 cm³/mol. The van der Waals surface area contributed by atoms with Crippen molar-refractivity contribution in [3.05, 3.63) is 35.5 Å². The number of rotatable bonds is 3. The van der Waals surface area contributed by atoms with E-state index in [2.05, 4.69) is 39.5 Å². The zero-order chi connectivity index (χ0) is 18.2. The van der Waals surface area contributed by atoms with Crippen molar-refractivity contribution < 1.29 is 10.2 Å². The monoisotopic (exact) mass is 344 g/mol. The second kappa shape index (κ2) is 7.40. The lowest BCUT2D eigenvalue weighted by molar-refractivity contribution is 0.0961. The smallest absolute Gasteiger partial charge is 0.0809 e. The van der Waals surface area contributed by atoms with Crippen molar-refractivity contribution in [1.29, 1.82) is 0 Å². The summed E-state index contributed by atoms with van der Waals surface area (Å²) in [5.41, 5.74) is 3.81. The topological polar surface area (TPSA) is 40.5 Å². The Morgan fingerprint density at radius 1 is 1.20 bits per heavy atom. The van der Waals surface area contributed by atoms with E-state index >= 15 is 0 Å². The van der Waals surface area contributed by atoms with E-state index in [0.29, 0.717) is 23.8 Å². The maximum absolute atomic E-state index is 10.0. The minimum atomic E-state index is -0.591. The van der Waals surface area contributed by atoms with Crippen molar-refractivity contribution in [3.63, 3.8) is 0 Å². The molecule has 0 aromatic carbocycles. The average Bonchev–Trinajstić information content (AvgIpc) is 2.94. The van der Waals surface area contributed by atoms with Gasteiger partial charge in [-0.25, -0.2) is 0 Å². The molecule has 3 unspecified atom stereocenters. The van der Waals surface area contributed by atoms with Crippen LogP contribution in [-0.4, -0.2) is 22.4 Å². The van der Waals surface area contributed by atoms with Crippen LogP contribution in [0.15, 0.2) is 35.5 Å². The Labute approximate surface area is 153 Å². The van der Waals surface area contributed by atoms with Crippen LogP contribution in [0.4, 0.5) is 0 Å². The van der Waals surface area contributed by atoms with Gasteiger partial charge in [0.1, 0.15) is 0 Å².